The predicted molar refractivity (Wildman–Crippen MR) is 85.0 cm³/mol. The normalized spacial score (nSPS) is 17.9. The van der Waals surface area contributed by atoms with E-state index >= 15 is 0 Å². The van der Waals surface area contributed by atoms with Crippen LogP contribution < -0.4 is 5.32 Å². The molecule has 1 aromatic rings. The van der Waals surface area contributed by atoms with Crippen molar-refractivity contribution in [3.8, 4) is 0 Å². The molecule has 0 amide bonds. The highest BCUT2D eigenvalue weighted by Crippen LogP contribution is 2.28. The molecule has 1 aromatic heterocycles. The fourth-order valence-corrected chi connectivity index (χ4v) is 3.05. The summed E-state index contributed by atoms with van der Waals surface area (Å²) in [6.07, 6.45) is 9.98. The van der Waals surface area contributed by atoms with Gasteiger partial charge in [-0.2, -0.15) is 5.10 Å². The molecule has 1 aliphatic carbocycles. The fourth-order valence-electron chi connectivity index (χ4n) is 3.05. The minimum Gasteiger partial charge on any atom is -0.314 e. The van der Waals surface area contributed by atoms with Crippen LogP contribution in [0.4, 0.5) is 0 Å². The summed E-state index contributed by atoms with van der Waals surface area (Å²) < 4.78 is 2.22. The summed E-state index contributed by atoms with van der Waals surface area (Å²) in [5, 5.41) is 8.38. The molecule has 0 atom stereocenters. The Labute approximate surface area is 124 Å². The molecule has 1 saturated carbocycles. The van der Waals surface area contributed by atoms with E-state index in [0.717, 1.165) is 13.0 Å². The third kappa shape index (κ3) is 4.62. The van der Waals surface area contributed by atoms with Crippen LogP contribution in [0.3, 0.4) is 0 Å². The first kappa shape index (κ1) is 15.6. The number of nitrogens with one attached hydrogen (secondary N) is 1. The molecule has 2 rings (SSSR count). The Kier molecular flexibility index (Phi) is 5.25. The van der Waals surface area contributed by atoms with Crippen LogP contribution >= 0.6 is 0 Å². The van der Waals surface area contributed by atoms with E-state index in [1.165, 1.54) is 37.8 Å². The van der Waals surface area contributed by atoms with Gasteiger partial charge < -0.3 is 5.32 Å². The van der Waals surface area contributed by atoms with Gasteiger partial charge in [0.1, 0.15) is 0 Å². The summed E-state index contributed by atoms with van der Waals surface area (Å²) in [5.41, 5.74) is 1.50. The molecule has 0 aliphatic heterocycles. The van der Waals surface area contributed by atoms with Crippen LogP contribution in [-0.2, 0) is 6.42 Å². The van der Waals surface area contributed by atoms with E-state index in [9.17, 15) is 0 Å². The van der Waals surface area contributed by atoms with Gasteiger partial charge in [-0.15, -0.1) is 0 Å². The summed E-state index contributed by atoms with van der Waals surface area (Å²) in [4.78, 5) is 0. The number of nitrogens with zero attached hydrogens (tertiary/aromatic N) is 2. The molecule has 0 bridgehead atoms. The summed E-state index contributed by atoms with van der Waals surface area (Å²) in [7, 11) is 0. The van der Waals surface area contributed by atoms with Crippen LogP contribution in [0.25, 0.3) is 0 Å². The van der Waals surface area contributed by atoms with Crippen molar-refractivity contribution in [2.75, 3.05) is 6.54 Å². The van der Waals surface area contributed by atoms with E-state index in [-0.39, 0.29) is 5.41 Å². The first-order valence-corrected chi connectivity index (χ1v) is 8.24. The summed E-state index contributed by atoms with van der Waals surface area (Å²) in [6.45, 7) is 10.1. The van der Waals surface area contributed by atoms with E-state index in [1.807, 2.05) is 0 Å². The maximum absolute atomic E-state index is 4.84. The second kappa shape index (κ2) is 6.75. The highest BCUT2D eigenvalue weighted by atomic mass is 15.3. The zero-order chi connectivity index (χ0) is 14.6. The van der Waals surface area contributed by atoms with Gasteiger partial charge in [0.2, 0.25) is 0 Å². The van der Waals surface area contributed by atoms with Crippen molar-refractivity contribution in [3.63, 3.8) is 0 Å². The van der Waals surface area contributed by atoms with Gasteiger partial charge in [-0.05, 0) is 30.7 Å². The van der Waals surface area contributed by atoms with Crippen molar-refractivity contribution < 1.29 is 0 Å². The molecule has 0 radical (unpaired) electrons. The Bertz CT molecular complexity index is 400. The summed E-state index contributed by atoms with van der Waals surface area (Å²) in [5.74, 6) is 0. The minimum absolute atomic E-state index is 0.260. The van der Waals surface area contributed by atoms with Crippen molar-refractivity contribution in [3.05, 3.63) is 18.0 Å². The van der Waals surface area contributed by atoms with Gasteiger partial charge in [0.05, 0.1) is 11.7 Å². The van der Waals surface area contributed by atoms with Gasteiger partial charge in [-0.25, -0.2) is 0 Å². The topological polar surface area (TPSA) is 29.9 Å². The lowest BCUT2D eigenvalue weighted by Gasteiger charge is -2.26. The second-order valence-corrected chi connectivity index (χ2v) is 7.46. The summed E-state index contributed by atoms with van der Waals surface area (Å²) >= 11 is 0. The molecule has 0 unspecified atom stereocenters. The van der Waals surface area contributed by atoms with Crippen molar-refractivity contribution in [1.82, 2.24) is 15.1 Å². The van der Waals surface area contributed by atoms with Gasteiger partial charge in [0, 0.05) is 18.8 Å². The molecule has 3 nitrogen and oxygen atoms in total. The van der Waals surface area contributed by atoms with E-state index in [4.69, 9.17) is 5.10 Å². The van der Waals surface area contributed by atoms with E-state index in [0.29, 0.717) is 12.1 Å². The largest absolute Gasteiger partial charge is 0.314 e. The third-order valence-corrected chi connectivity index (χ3v) is 4.26. The number of hydrogen-bond acceptors (Lipinski definition) is 2. The zero-order valence-corrected chi connectivity index (χ0v) is 13.7. The van der Waals surface area contributed by atoms with Crippen molar-refractivity contribution in [1.29, 1.82) is 0 Å². The van der Waals surface area contributed by atoms with Crippen LogP contribution in [-0.4, -0.2) is 22.4 Å². The first-order chi connectivity index (χ1) is 9.46. The standard InChI is InChI=1S/C17H31N3/c1-14(2)18-13-17(3,4)12-15-10-11-20(19-15)16-8-6-5-7-9-16/h10-11,14,16,18H,5-9,12-13H2,1-4H3. The molecule has 1 N–H and O–H groups in total. The Morgan fingerprint density at radius 2 is 2.00 bits per heavy atom. The highest BCUT2D eigenvalue weighted by molar-refractivity contribution is 5.03. The molecule has 20 heavy (non-hydrogen) atoms. The van der Waals surface area contributed by atoms with Gasteiger partial charge in [0.25, 0.3) is 0 Å². The number of aromatic nitrogens is 2. The molecular formula is C17H31N3. The van der Waals surface area contributed by atoms with Crippen molar-refractivity contribution in [2.45, 2.75) is 78.3 Å². The quantitative estimate of drug-likeness (QED) is 0.853. The predicted octanol–water partition coefficient (Wildman–Crippen LogP) is 3.96. The van der Waals surface area contributed by atoms with Crippen LogP contribution in [0.15, 0.2) is 12.3 Å². The molecule has 1 aliphatic rings. The smallest absolute Gasteiger partial charge is 0.0630 e. The Hall–Kier alpha value is -0.830. The molecule has 1 heterocycles. The van der Waals surface area contributed by atoms with E-state index < -0.39 is 0 Å². The van der Waals surface area contributed by atoms with Gasteiger partial charge in [0.15, 0.2) is 0 Å². The molecule has 3 heteroatoms. The van der Waals surface area contributed by atoms with Crippen LogP contribution in [0.2, 0.25) is 0 Å². The van der Waals surface area contributed by atoms with E-state index in [2.05, 4.69) is 50.0 Å². The lowest BCUT2D eigenvalue weighted by molar-refractivity contribution is 0.310. The summed E-state index contributed by atoms with van der Waals surface area (Å²) in [6, 6.07) is 3.41. The van der Waals surface area contributed by atoms with Crippen LogP contribution in [0, 0.1) is 5.41 Å². The molecule has 1 fully saturated rings. The SMILES string of the molecule is CC(C)NCC(C)(C)Cc1ccn(C2CCCCC2)n1. The average molecular weight is 277 g/mol. The lowest BCUT2D eigenvalue weighted by Crippen LogP contribution is -2.35. The fraction of sp³-hybridized carbons (Fsp3) is 0.824. The minimum atomic E-state index is 0.260. The highest BCUT2D eigenvalue weighted by Gasteiger charge is 2.21. The number of hydrogen-bond donors (Lipinski definition) is 1. The van der Waals surface area contributed by atoms with E-state index in [1.54, 1.807) is 0 Å². The van der Waals surface area contributed by atoms with Crippen molar-refractivity contribution >= 4 is 0 Å². The average Bonchev–Trinajstić information content (AvgIpc) is 2.85. The molecule has 114 valence electrons. The number of rotatable bonds is 6. The molecule has 0 aromatic carbocycles. The van der Waals surface area contributed by atoms with Gasteiger partial charge in [-0.3, -0.25) is 4.68 Å². The molecule has 0 spiro atoms. The lowest BCUT2D eigenvalue weighted by atomic mass is 9.87. The monoisotopic (exact) mass is 277 g/mol. The Morgan fingerprint density at radius 3 is 2.65 bits per heavy atom. The van der Waals surface area contributed by atoms with Crippen LogP contribution in [0.1, 0.15) is 71.5 Å². The maximum atomic E-state index is 4.84. The second-order valence-electron chi connectivity index (χ2n) is 7.46. The van der Waals surface area contributed by atoms with Crippen molar-refractivity contribution in [2.24, 2.45) is 5.41 Å². The first-order valence-electron chi connectivity index (χ1n) is 8.24. The van der Waals surface area contributed by atoms with Gasteiger partial charge in [-0.1, -0.05) is 47.0 Å². The Balaban J connectivity index is 1.91. The molecular weight excluding hydrogens is 246 g/mol. The molecule has 0 saturated heterocycles. The van der Waals surface area contributed by atoms with Crippen LogP contribution in [0.5, 0.6) is 0 Å². The maximum Gasteiger partial charge on any atom is 0.0630 e. The Morgan fingerprint density at radius 1 is 1.30 bits per heavy atom. The zero-order valence-electron chi connectivity index (χ0n) is 13.7. The third-order valence-electron chi connectivity index (χ3n) is 4.26. The van der Waals surface area contributed by atoms with Gasteiger partial charge >= 0.3 is 0 Å².